The van der Waals surface area contributed by atoms with Gasteiger partial charge in [-0.3, -0.25) is 4.79 Å². The maximum absolute atomic E-state index is 12.6. The van der Waals surface area contributed by atoms with Gasteiger partial charge in [0.2, 0.25) is 15.9 Å². The molecule has 0 fully saturated rings. The first kappa shape index (κ1) is 23.5. The van der Waals surface area contributed by atoms with Crippen molar-refractivity contribution in [1.82, 2.24) is 10.0 Å². The smallest absolute Gasteiger partial charge is 0.244 e. The molecule has 3 aromatic rings. The summed E-state index contributed by atoms with van der Waals surface area (Å²) in [5.41, 5.74) is 1.60. The quantitative estimate of drug-likeness (QED) is 0.486. The molecule has 168 valence electrons. The highest BCUT2D eigenvalue weighted by Crippen LogP contribution is 2.32. The van der Waals surface area contributed by atoms with Crippen molar-refractivity contribution in [1.29, 1.82) is 0 Å². The normalized spacial score (nSPS) is 13.2. The SMILES string of the molecule is CC(C)(C)C(NC(=O)C=Cc1ccc(S(=O)(=O)NCc2ccco2)cc1)c1ccccc1. The lowest BCUT2D eigenvalue weighted by Gasteiger charge is -2.31. The summed E-state index contributed by atoms with van der Waals surface area (Å²) in [6, 6.07) is 19.4. The monoisotopic (exact) mass is 452 g/mol. The molecule has 6 nitrogen and oxygen atoms in total. The molecule has 1 unspecified atom stereocenters. The first-order valence-electron chi connectivity index (χ1n) is 10.3. The van der Waals surface area contributed by atoms with Crippen LogP contribution in [0.2, 0.25) is 0 Å². The van der Waals surface area contributed by atoms with Crippen LogP contribution in [0.5, 0.6) is 0 Å². The molecule has 3 rings (SSSR count). The minimum absolute atomic E-state index is 0.0769. The molecule has 1 atom stereocenters. The van der Waals surface area contributed by atoms with Crippen molar-refractivity contribution < 1.29 is 17.6 Å². The van der Waals surface area contributed by atoms with E-state index in [9.17, 15) is 13.2 Å². The van der Waals surface area contributed by atoms with Gasteiger partial charge in [0.1, 0.15) is 5.76 Å². The highest BCUT2D eigenvalue weighted by Gasteiger charge is 2.27. The van der Waals surface area contributed by atoms with Gasteiger partial charge in [-0.25, -0.2) is 13.1 Å². The number of hydrogen-bond donors (Lipinski definition) is 2. The Morgan fingerprint density at radius 2 is 1.69 bits per heavy atom. The van der Waals surface area contributed by atoms with E-state index in [0.29, 0.717) is 5.76 Å². The molecule has 0 spiro atoms. The summed E-state index contributed by atoms with van der Waals surface area (Å²) in [6.45, 7) is 6.31. The standard InChI is InChI=1S/C25H28N2O4S/c1-25(2,3)24(20-8-5-4-6-9-20)27-23(28)16-13-19-11-14-22(15-12-19)32(29,30)26-18-21-10-7-17-31-21/h4-17,24,26H,18H2,1-3H3,(H,27,28). The van der Waals surface area contributed by atoms with Crippen LogP contribution in [0, 0.1) is 5.41 Å². The number of carbonyl (C=O) groups excluding carboxylic acids is 1. The molecule has 7 heteroatoms. The average Bonchev–Trinajstić information content (AvgIpc) is 3.29. The van der Waals surface area contributed by atoms with E-state index in [1.807, 2.05) is 30.3 Å². The second-order valence-corrected chi connectivity index (χ2v) is 10.3. The van der Waals surface area contributed by atoms with E-state index in [1.165, 1.54) is 24.5 Å². The van der Waals surface area contributed by atoms with Crippen molar-refractivity contribution in [3.8, 4) is 0 Å². The Labute approximate surface area is 189 Å². The largest absolute Gasteiger partial charge is 0.468 e. The molecule has 1 aromatic heterocycles. The van der Waals surface area contributed by atoms with Gasteiger partial charge in [-0.15, -0.1) is 0 Å². The van der Waals surface area contributed by atoms with Crippen LogP contribution >= 0.6 is 0 Å². The molecule has 0 saturated heterocycles. The van der Waals surface area contributed by atoms with E-state index >= 15 is 0 Å². The summed E-state index contributed by atoms with van der Waals surface area (Å²) in [7, 11) is -3.66. The van der Waals surface area contributed by atoms with Crippen LogP contribution in [0.1, 0.15) is 43.7 Å². The summed E-state index contributed by atoms with van der Waals surface area (Å²) in [5, 5.41) is 3.07. The zero-order valence-electron chi connectivity index (χ0n) is 18.4. The molecule has 0 aliphatic carbocycles. The fourth-order valence-electron chi connectivity index (χ4n) is 3.23. The molecule has 0 radical (unpaired) electrons. The number of nitrogens with one attached hydrogen (secondary N) is 2. The minimum atomic E-state index is -3.66. The van der Waals surface area contributed by atoms with Crippen molar-refractivity contribution in [2.24, 2.45) is 5.41 Å². The lowest BCUT2D eigenvalue weighted by molar-refractivity contribution is -0.117. The lowest BCUT2D eigenvalue weighted by Crippen LogP contribution is -2.35. The Morgan fingerprint density at radius 3 is 2.28 bits per heavy atom. The number of carbonyl (C=O) groups is 1. The molecule has 1 amide bonds. The number of furan rings is 1. The molecular weight excluding hydrogens is 424 g/mol. The Morgan fingerprint density at radius 1 is 1.00 bits per heavy atom. The molecule has 0 saturated carbocycles. The van der Waals surface area contributed by atoms with Gasteiger partial charge in [0.15, 0.2) is 0 Å². The Kier molecular flexibility index (Phi) is 7.33. The van der Waals surface area contributed by atoms with Crippen LogP contribution < -0.4 is 10.0 Å². The summed E-state index contributed by atoms with van der Waals surface area (Å²) in [6.07, 6.45) is 4.61. The first-order valence-corrected chi connectivity index (χ1v) is 11.8. The third kappa shape index (κ3) is 6.42. The van der Waals surface area contributed by atoms with Crippen molar-refractivity contribution in [2.45, 2.75) is 38.3 Å². The van der Waals surface area contributed by atoms with Crippen LogP contribution in [0.25, 0.3) is 6.08 Å². The van der Waals surface area contributed by atoms with Gasteiger partial charge in [0.25, 0.3) is 0 Å². The topological polar surface area (TPSA) is 88.4 Å². The zero-order valence-corrected chi connectivity index (χ0v) is 19.2. The highest BCUT2D eigenvalue weighted by atomic mass is 32.2. The van der Waals surface area contributed by atoms with Crippen LogP contribution in [0.15, 0.2) is 88.4 Å². The number of hydrogen-bond acceptors (Lipinski definition) is 4. The zero-order chi connectivity index (χ0) is 23.2. The van der Waals surface area contributed by atoms with Crippen molar-refractivity contribution in [2.75, 3.05) is 0 Å². The van der Waals surface area contributed by atoms with Crippen molar-refractivity contribution in [3.63, 3.8) is 0 Å². The fraction of sp³-hybridized carbons (Fsp3) is 0.240. The molecule has 2 aromatic carbocycles. The number of amides is 1. The van der Waals surface area contributed by atoms with Crippen molar-refractivity contribution in [3.05, 3.63) is 96.0 Å². The maximum Gasteiger partial charge on any atom is 0.244 e. The van der Waals surface area contributed by atoms with E-state index in [1.54, 1.807) is 30.3 Å². The third-order valence-corrected chi connectivity index (χ3v) is 6.34. The molecule has 0 aliphatic heterocycles. The van der Waals surface area contributed by atoms with Crippen LogP contribution in [0.4, 0.5) is 0 Å². The summed E-state index contributed by atoms with van der Waals surface area (Å²) in [4.78, 5) is 12.7. The van der Waals surface area contributed by atoms with Crippen molar-refractivity contribution >= 4 is 22.0 Å². The second-order valence-electron chi connectivity index (χ2n) is 8.52. The van der Waals surface area contributed by atoms with Crippen LogP contribution in [-0.4, -0.2) is 14.3 Å². The lowest BCUT2D eigenvalue weighted by atomic mass is 9.82. The van der Waals surface area contributed by atoms with E-state index in [-0.39, 0.29) is 28.8 Å². The van der Waals surface area contributed by atoms with E-state index < -0.39 is 10.0 Å². The average molecular weight is 453 g/mol. The van der Waals surface area contributed by atoms with E-state index in [2.05, 4.69) is 30.8 Å². The summed E-state index contributed by atoms with van der Waals surface area (Å²) in [5.74, 6) is 0.314. The summed E-state index contributed by atoms with van der Waals surface area (Å²) < 4.78 is 32.5. The molecule has 32 heavy (non-hydrogen) atoms. The maximum atomic E-state index is 12.6. The van der Waals surface area contributed by atoms with Gasteiger partial charge in [0, 0.05) is 6.08 Å². The Balaban J connectivity index is 1.64. The molecule has 2 N–H and O–H groups in total. The van der Waals surface area contributed by atoms with Crippen LogP contribution in [-0.2, 0) is 21.4 Å². The summed E-state index contributed by atoms with van der Waals surface area (Å²) >= 11 is 0. The second kappa shape index (κ2) is 9.97. The van der Waals surface area contributed by atoms with E-state index in [0.717, 1.165) is 11.1 Å². The minimum Gasteiger partial charge on any atom is -0.468 e. The fourth-order valence-corrected chi connectivity index (χ4v) is 4.22. The van der Waals surface area contributed by atoms with Gasteiger partial charge in [0.05, 0.1) is 23.7 Å². The molecule has 0 bridgehead atoms. The number of sulfonamides is 1. The predicted octanol–water partition coefficient (Wildman–Crippen LogP) is 4.67. The predicted molar refractivity (Wildman–Crippen MR) is 125 cm³/mol. The number of rotatable bonds is 8. The van der Waals surface area contributed by atoms with Gasteiger partial charge in [-0.1, -0.05) is 63.2 Å². The third-order valence-electron chi connectivity index (χ3n) is 4.92. The van der Waals surface area contributed by atoms with Crippen LogP contribution in [0.3, 0.4) is 0 Å². The first-order chi connectivity index (χ1) is 15.1. The Hall–Kier alpha value is -3.16. The molecule has 1 heterocycles. The van der Waals surface area contributed by atoms with Gasteiger partial charge >= 0.3 is 0 Å². The molecule has 0 aliphatic rings. The van der Waals surface area contributed by atoms with Gasteiger partial charge in [-0.2, -0.15) is 0 Å². The van der Waals surface area contributed by atoms with Gasteiger partial charge < -0.3 is 9.73 Å². The Bertz CT molecular complexity index is 1140. The van der Waals surface area contributed by atoms with Gasteiger partial charge in [-0.05, 0) is 46.9 Å². The van der Waals surface area contributed by atoms with E-state index in [4.69, 9.17) is 4.42 Å². The highest BCUT2D eigenvalue weighted by molar-refractivity contribution is 7.89. The number of benzene rings is 2. The molecular formula is C25H28N2O4S.